The minimum absolute atomic E-state index is 0.416. The van der Waals surface area contributed by atoms with Crippen LogP contribution in [0, 0.1) is 0 Å². The molecule has 4 atom stereocenters. The maximum absolute atomic E-state index is 13.1. The van der Waals surface area contributed by atoms with Crippen LogP contribution in [0.1, 0.15) is 88.9 Å². The summed E-state index contributed by atoms with van der Waals surface area (Å²) >= 11 is 0. The van der Waals surface area contributed by atoms with Crippen LogP contribution in [0.5, 0.6) is 0 Å². The highest BCUT2D eigenvalue weighted by atomic mass is 31.2. The molecule has 0 amide bonds. The maximum atomic E-state index is 13.1. The van der Waals surface area contributed by atoms with E-state index >= 15 is 0 Å². The molecule has 0 spiro atoms. The normalized spacial score (nSPS) is 16.4. The van der Waals surface area contributed by atoms with Gasteiger partial charge in [0.05, 0.1) is 0 Å². The van der Waals surface area contributed by atoms with E-state index in [0.717, 1.165) is 25.7 Å². The van der Waals surface area contributed by atoms with Crippen molar-refractivity contribution in [3.05, 3.63) is 71.8 Å². The maximum Gasteiger partial charge on any atom is 0.350 e. The number of rotatable bonds is 21. The zero-order chi connectivity index (χ0) is 33.0. The van der Waals surface area contributed by atoms with Gasteiger partial charge in [-0.2, -0.15) is 0 Å². The van der Waals surface area contributed by atoms with Crippen molar-refractivity contribution in [2.75, 3.05) is 13.1 Å². The number of nitrogens with one attached hydrogen (secondary N) is 2. The first-order chi connectivity index (χ1) is 20.5. The zero-order valence-corrected chi connectivity index (χ0v) is 27.5. The van der Waals surface area contributed by atoms with Crippen LogP contribution in [0.15, 0.2) is 60.7 Å². The van der Waals surface area contributed by atoms with E-state index in [1.54, 1.807) is 60.7 Å². The van der Waals surface area contributed by atoms with Gasteiger partial charge in [-0.15, -0.1) is 0 Å². The van der Waals surface area contributed by atoms with E-state index < -0.39 is 49.9 Å². The Morgan fingerprint density at radius 3 is 1.23 bits per heavy atom. The summed E-state index contributed by atoms with van der Waals surface area (Å²) in [6.45, 7) is 5.75. The second-order valence-corrected chi connectivity index (χ2v) is 15.3. The van der Waals surface area contributed by atoms with Crippen LogP contribution in [0.3, 0.4) is 0 Å². The summed E-state index contributed by atoms with van der Waals surface area (Å²) in [7, 11) is -8.82. The van der Waals surface area contributed by atoms with Crippen molar-refractivity contribution in [3.8, 4) is 0 Å². The minimum atomic E-state index is -4.41. The van der Waals surface area contributed by atoms with Crippen molar-refractivity contribution in [2.24, 2.45) is 0 Å². The van der Waals surface area contributed by atoms with Gasteiger partial charge in [0.2, 0.25) is 0 Å². The molecule has 0 saturated heterocycles. The Labute approximate surface area is 259 Å². The van der Waals surface area contributed by atoms with E-state index in [9.17, 15) is 38.7 Å². The average molecular weight is 657 g/mol. The highest BCUT2D eigenvalue weighted by Gasteiger charge is 2.43. The summed E-state index contributed by atoms with van der Waals surface area (Å²) in [4.78, 5) is 44.4. The Morgan fingerprint density at radius 1 is 0.636 bits per heavy atom. The Morgan fingerprint density at radius 2 is 0.932 bits per heavy atom. The lowest BCUT2D eigenvalue weighted by molar-refractivity contribution is -0.153. The fourth-order valence-corrected chi connectivity index (χ4v) is 7.88. The first-order valence-corrected chi connectivity index (χ1v) is 17.9. The van der Waals surface area contributed by atoms with Gasteiger partial charge in [-0.25, -0.2) is 9.59 Å². The molecule has 0 aliphatic heterocycles. The number of carboxylic acid groups (broad SMARTS) is 2. The fourth-order valence-electron chi connectivity index (χ4n) is 4.39. The first kappa shape index (κ1) is 37.8. The molecular formula is C30H46N2O10P2. The molecule has 14 heteroatoms. The third-order valence-corrected chi connectivity index (χ3v) is 10.6. The van der Waals surface area contributed by atoms with E-state index in [-0.39, 0.29) is 0 Å². The zero-order valence-electron chi connectivity index (χ0n) is 25.7. The smallest absolute Gasteiger partial charge is 0.350 e. The lowest BCUT2D eigenvalue weighted by Crippen LogP contribution is -2.35. The summed E-state index contributed by atoms with van der Waals surface area (Å²) in [5, 5.41) is 24.9. The molecule has 0 heterocycles. The lowest BCUT2D eigenvalue weighted by Gasteiger charge is -2.29. The van der Waals surface area contributed by atoms with Crippen LogP contribution in [0.2, 0.25) is 0 Å². The summed E-state index contributed by atoms with van der Waals surface area (Å²) in [6, 6.07) is 17.2. The molecule has 0 bridgehead atoms. The molecule has 12 nitrogen and oxygen atoms in total. The van der Waals surface area contributed by atoms with Crippen LogP contribution in [-0.2, 0) is 27.8 Å². The van der Waals surface area contributed by atoms with Crippen LogP contribution >= 0.6 is 15.2 Å². The molecule has 44 heavy (non-hydrogen) atoms. The Balaban J connectivity index is 1.82. The van der Waals surface area contributed by atoms with Gasteiger partial charge < -0.3 is 20.0 Å². The van der Waals surface area contributed by atoms with Crippen molar-refractivity contribution in [1.29, 1.82) is 0 Å². The third kappa shape index (κ3) is 11.8. The van der Waals surface area contributed by atoms with Gasteiger partial charge in [-0.1, -0.05) is 86.3 Å². The van der Waals surface area contributed by atoms with Crippen molar-refractivity contribution in [2.45, 2.75) is 89.0 Å². The van der Waals surface area contributed by atoms with Gasteiger partial charge in [-0.3, -0.25) is 28.8 Å². The highest BCUT2D eigenvalue weighted by Crippen LogP contribution is 2.58. The highest BCUT2D eigenvalue weighted by molar-refractivity contribution is 7.53. The van der Waals surface area contributed by atoms with Gasteiger partial charge in [0.1, 0.15) is 11.6 Å². The number of benzene rings is 2. The first-order valence-electron chi connectivity index (χ1n) is 14.6. The molecule has 0 aliphatic rings. The van der Waals surface area contributed by atoms with Gasteiger partial charge in [0, 0.05) is 0 Å². The monoisotopic (exact) mass is 656 g/mol. The summed E-state index contributed by atoms with van der Waals surface area (Å²) < 4.78 is 36.7. The largest absolute Gasteiger partial charge is 0.479 e. The Bertz CT molecular complexity index is 1190. The molecule has 2 rings (SSSR count). The van der Waals surface area contributed by atoms with Crippen molar-refractivity contribution < 1.29 is 47.8 Å². The van der Waals surface area contributed by atoms with E-state index in [0.29, 0.717) is 37.1 Å². The Hall–Kier alpha value is -2.40. The van der Waals surface area contributed by atoms with Gasteiger partial charge in [0.25, 0.3) is 0 Å². The van der Waals surface area contributed by atoms with E-state index in [1.807, 2.05) is 0 Å². The summed E-state index contributed by atoms with van der Waals surface area (Å²) in [5.41, 5.74) is -2.65. The summed E-state index contributed by atoms with van der Waals surface area (Å²) in [6.07, 6.45) is 4.90. The predicted octanol–water partition coefficient (Wildman–Crippen LogP) is 6.03. The molecule has 246 valence electrons. The number of carboxylic acids is 2. The lowest BCUT2D eigenvalue weighted by atomic mass is 10.1. The molecule has 4 unspecified atom stereocenters. The Kier molecular flexibility index (Phi) is 14.4. The standard InChI is InChI=1S/C30H46N2O10P2/c1-29(2,27(33)34)41-43(37,38)25(23-17-11-9-12-18-23)31-21-15-7-5-6-8-16-22-32-26(24-19-13-10-14-20-24)44(39,40)42-30(3,4)28(35)36/h9-14,17-20,25-26,31-32H,5-8,15-16,21-22H2,1-4H3,(H,33,34)(H,35,36)(H,37,38)(H,39,40). The molecule has 6 N–H and O–H groups in total. The van der Waals surface area contributed by atoms with Crippen LogP contribution in [-0.4, -0.2) is 56.2 Å². The quantitative estimate of drug-likeness (QED) is 0.0676. The van der Waals surface area contributed by atoms with Crippen LogP contribution in [0.25, 0.3) is 0 Å². The number of hydrogen-bond acceptors (Lipinski definition) is 8. The molecular weight excluding hydrogens is 610 g/mol. The molecule has 0 aromatic heterocycles. The predicted molar refractivity (Wildman–Crippen MR) is 167 cm³/mol. The van der Waals surface area contributed by atoms with Crippen LogP contribution in [0.4, 0.5) is 0 Å². The minimum Gasteiger partial charge on any atom is -0.479 e. The van der Waals surface area contributed by atoms with E-state index in [4.69, 9.17) is 9.05 Å². The van der Waals surface area contributed by atoms with E-state index in [1.165, 1.54) is 27.7 Å². The molecule has 0 saturated carbocycles. The molecule has 0 fully saturated rings. The molecule has 0 aliphatic carbocycles. The summed E-state index contributed by atoms with van der Waals surface area (Å²) in [5.74, 6) is -4.85. The van der Waals surface area contributed by atoms with Crippen molar-refractivity contribution in [1.82, 2.24) is 10.6 Å². The van der Waals surface area contributed by atoms with Gasteiger partial charge in [0.15, 0.2) is 11.2 Å². The van der Waals surface area contributed by atoms with Crippen molar-refractivity contribution >= 4 is 27.1 Å². The SMILES string of the molecule is CC(C)(OP(=O)(O)C(NCCCCCCCCNC(c1ccccc1)P(=O)(O)OC(C)(C)C(=O)O)c1ccccc1)C(=O)O. The number of aliphatic carboxylic acids is 2. The second kappa shape index (κ2) is 16.8. The number of carbonyl (C=O) groups is 2. The third-order valence-electron chi connectivity index (χ3n) is 6.91. The molecule has 2 aromatic carbocycles. The topological polar surface area (TPSA) is 192 Å². The van der Waals surface area contributed by atoms with E-state index in [2.05, 4.69) is 10.6 Å². The van der Waals surface area contributed by atoms with Crippen molar-refractivity contribution in [3.63, 3.8) is 0 Å². The molecule has 2 aromatic rings. The van der Waals surface area contributed by atoms with Gasteiger partial charge in [-0.05, 0) is 64.8 Å². The number of hydrogen-bond donors (Lipinski definition) is 6. The average Bonchev–Trinajstić information content (AvgIpc) is 2.93. The second-order valence-electron chi connectivity index (χ2n) is 11.6. The number of unbranched alkanes of at least 4 members (excludes halogenated alkanes) is 5. The fraction of sp³-hybridized carbons (Fsp3) is 0.533. The van der Waals surface area contributed by atoms with Crippen LogP contribution < -0.4 is 10.6 Å². The van der Waals surface area contributed by atoms with Gasteiger partial charge >= 0.3 is 27.1 Å². The molecule has 0 radical (unpaired) electrons.